The molecule has 27 valence electrons. The van der Waals surface area contributed by atoms with Crippen molar-refractivity contribution in [2.24, 2.45) is 0 Å². The summed E-state index contributed by atoms with van der Waals surface area (Å²) < 4.78 is 7.94. The fourth-order valence-electron chi connectivity index (χ4n) is 0. The quantitative estimate of drug-likeness (QED) is 0.521. The third-order valence-corrected chi connectivity index (χ3v) is 0. The fraction of sp³-hybridized carbons (Fsp3) is 0. The molecule has 0 aliphatic rings. The van der Waals surface area contributed by atoms with Gasteiger partial charge in [-0.3, -0.25) is 0 Å². The first kappa shape index (κ1) is 15.7. The van der Waals surface area contributed by atoms with E-state index in [2.05, 4.69) is 15.7 Å². The van der Waals surface area contributed by atoms with E-state index in [0.29, 0.717) is 0 Å². The predicted molar refractivity (Wildman–Crippen MR) is 9.23 cm³/mol. The zero-order chi connectivity index (χ0) is 2.00. The molecule has 0 N–H and O–H groups in total. The van der Waals surface area contributed by atoms with Crippen molar-refractivity contribution in [2.75, 3.05) is 0 Å². The van der Waals surface area contributed by atoms with Gasteiger partial charge in [0.05, 0.1) is 0 Å². The minimum atomic E-state index is 0. The van der Waals surface area contributed by atoms with Crippen LogP contribution in [0.25, 0.3) is 0 Å². The van der Waals surface area contributed by atoms with Crippen LogP contribution >= 0.6 is 0 Å². The molecule has 4 heteroatoms. The molecular weight excluding hydrogens is 320 g/mol. The molecular formula is H2CoGdOSr. The zero-order valence-electron chi connectivity index (χ0n) is 1.10. The van der Waals surface area contributed by atoms with Crippen LogP contribution in [-0.2, 0) is 19.5 Å². The Labute approximate surface area is 102 Å². The fourth-order valence-corrected chi connectivity index (χ4v) is 0. The van der Waals surface area contributed by atoms with E-state index in [9.17, 15) is 0 Å². The number of rotatable bonds is 0. The van der Waals surface area contributed by atoms with E-state index in [1.165, 1.54) is 0 Å². The first-order valence-electron chi connectivity index (χ1n) is 0.136. The summed E-state index contributed by atoms with van der Waals surface area (Å²) >= 11 is 2.31. The van der Waals surface area contributed by atoms with E-state index >= 15 is 0 Å². The van der Waals surface area contributed by atoms with Crippen molar-refractivity contribution < 1.29 is 59.5 Å². The van der Waals surface area contributed by atoms with E-state index < -0.39 is 0 Å². The third kappa shape index (κ3) is 8.93. The van der Waals surface area contributed by atoms with Crippen molar-refractivity contribution in [3.63, 3.8) is 0 Å². The Hall–Kier alpha value is 3.11. The van der Waals surface area contributed by atoms with E-state index in [0.717, 1.165) is 0 Å². The van der Waals surface area contributed by atoms with Gasteiger partial charge in [0.15, 0.2) is 0 Å². The normalized spacial score (nSPS) is 1.25. The average molecular weight is 322 g/mol. The molecule has 0 amide bonds. The molecule has 0 aliphatic carbocycles. The van der Waals surface area contributed by atoms with Gasteiger partial charge in [-0.1, -0.05) is 0 Å². The Kier molecular flexibility index (Phi) is 64.8. The van der Waals surface area contributed by atoms with Crippen LogP contribution < -0.4 is 0 Å². The van der Waals surface area contributed by atoms with Gasteiger partial charge in [0.25, 0.3) is 0 Å². The van der Waals surface area contributed by atoms with Gasteiger partial charge in [-0.15, -0.1) is 0 Å². The Balaban J connectivity index is -0.00000000500. The van der Waals surface area contributed by atoms with Gasteiger partial charge >= 0.3 is 65.0 Å². The Bertz CT molecular complexity index is 8.00. The van der Waals surface area contributed by atoms with Crippen molar-refractivity contribution in [3.05, 3.63) is 0 Å². The van der Waals surface area contributed by atoms with Gasteiger partial charge in [-0.25, -0.2) is 0 Å². The second-order valence-corrected chi connectivity index (χ2v) is 0. The summed E-state index contributed by atoms with van der Waals surface area (Å²) in [5.41, 5.74) is 0. The van der Waals surface area contributed by atoms with Crippen molar-refractivity contribution in [1.29, 1.82) is 0 Å². The van der Waals surface area contributed by atoms with E-state index in [1.807, 2.05) is 0 Å². The molecule has 0 heterocycles. The first-order valence-corrected chi connectivity index (χ1v) is 0.561. The second kappa shape index (κ2) is 16.5. The SMILES string of the molecule is [Gd].[O]=[Co].[SrH2]. The summed E-state index contributed by atoms with van der Waals surface area (Å²) in [5, 5.41) is 0. The monoisotopic (exact) mass is 323 g/mol. The van der Waals surface area contributed by atoms with Gasteiger partial charge < -0.3 is 0 Å². The standard InChI is InChI=1S/Co.Gd.O.Sr.2H. The molecule has 1 nitrogen and oxygen atoms in total. The van der Waals surface area contributed by atoms with Gasteiger partial charge in [0.2, 0.25) is 0 Å². The summed E-state index contributed by atoms with van der Waals surface area (Å²) in [6.07, 6.45) is 0. The summed E-state index contributed by atoms with van der Waals surface area (Å²) in [6.45, 7) is 0. The summed E-state index contributed by atoms with van der Waals surface area (Å²) in [5.74, 6) is 0. The molecule has 0 spiro atoms. The topological polar surface area (TPSA) is 17.1 Å². The third-order valence-electron chi connectivity index (χ3n) is 0. The summed E-state index contributed by atoms with van der Waals surface area (Å²) in [7, 11) is 0. The summed E-state index contributed by atoms with van der Waals surface area (Å²) in [4.78, 5) is 0. The van der Waals surface area contributed by atoms with Gasteiger partial charge in [0.1, 0.15) is 0 Å². The first-order chi connectivity index (χ1) is 1.00. The summed E-state index contributed by atoms with van der Waals surface area (Å²) in [6, 6.07) is 0. The van der Waals surface area contributed by atoms with Crippen LogP contribution in [0.2, 0.25) is 0 Å². The molecule has 0 unspecified atom stereocenters. The Morgan fingerprint density at radius 1 is 1.25 bits per heavy atom. The number of hydrogen-bond acceptors (Lipinski definition) is 1. The Morgan fingerprint density at radius 3 is 1.25 bits per heavy atom. The van der Waals surface area contributed by atoms with Crippen LogP contribution in [0.4, 0.5) is 0 Å². The minimum absolute atomic E-state index is 0. The van der Waals surface area contributed by atoms with Crippen LogP contribution in [0.3, 0.4) is 0 Å². The molecule has 0 atom stereocenters. The molecule has 0 saturated carbocycles. The van der Waals surface area contributed by atoms with Crippen LogP contribution in [0, 0.1) is 39.9 Å². The van der Waals surface area contributed by atoms with Crippen molar-refractivity contribution in [1.82, 2.24) is 0 Å². The number of hydrogen-bond donors (Lipinski definition) is 0. The van der Waals surface area contributed by atoms with E-state index in [-0.39, 0.29) is 85.4 Å². The molecule has 0 fully saturated rings. The van der Waals surface area contributed by atoms with Gasteiger partial charge in [0, 0.05) is 39.9 Å². The van der Waals surface area contributed by atoms with Crippen LogP contribution in [0.5, 0.6) is 0 Å². The molecule has 0 aliphatic heterocycles. The van der Waals surface area contributed by atoms with E-state index in [4.69, 9.17) is 3.87 Å². The molecule has 0 aromatic heterocycles. The Morgan fingerprint density at radius 2 is 1.25 bits per heavy atom. The van der Waals surface area contributed by atoms with Crippen molar-refractivity contribution >= 4 is 45.5 Å². The van der Waals surface area contributed by atoms with Crippen molar-refractivity contribution in [2.45, 2.75) is 0 Å². The second-order valence-electron chi connectivity index (χ2n) is 0. The zero-order valence-corrected chi connectivity index (χ0v) is 4.40. The molecule has 0 saturated heterocycles. The molecule has 0 bridgehead atoms. The average Bonchev–Trinajstić information content (AvgIpc) is 1.00. The molecule has 0 aromatic rings. The predicted octanol–water partition coefficient (Wildman–Crippen LogP) is -1.04. The maximum absolute atomic E-state index is 7.94. The van der Waals surface area contributed by atoms with E-state index in [1.54, 1.807) is 0 Å². The van der Waals surface area contributed by atoms with Gasteiger partial charge in [-0.05, 0) is 0 Å². The molecule has 0 rings (SSSR count). The maximum atomic E-state index is 7.94. The van der Waals surface area contributed by atoms with Gasteiger partial charge in [-0.2, -0.15) is 0 Å². The van der Waals surface area contributed by atoms with Crippen LogP contribution in [0.1, 0.15) is 0 Å². The molecule has 0 aromatic carbocycles. The molecule has 0 radical (unpaired) electrons. The molecule has 4 heavy (non-hydrogen) atoms. The van der Waals surface area contributed by atoms with Crippen LogP contribution in [-0.4, -0.2) is 45.5 Å². The van der Waals surface area contributed by atoms with Crippen molar-refractivity contribution in [3.8, 4) is 0 Å². The van der Waals surface area contributed by atoms with Crippen LogP contribution in [0.15, 0.2) is 0 Å².